The molecule has 3 heterocycles. The quantitative estimate of drug-likeness (QED) is 0.840. The van der Waals surface area contributed by atoms with Gasteiger partial charge in [-0.25, -0.2) is 9.97 Å². The Kier molecular flexibility index (Phi) is 3.68. The van der Waals surface area contributed by atoms with Gasteiger partial charge in [-0.3, -0.25) is 4.98 Å². The number of rotatable bonds is 4. The van der Waals surface area contributed by atoms with E-state index in [9.17, 15) is 0 Å². The highest BCUT2D eigenvalue weighted by molar-refractivity contribution is 5.32. The molecule has 4 heteroatoms. The number of pyridine rings is 1. The Hall–Kier alpha value is -1.97. The molecule has 2 aromatic rings. The van der Waals surface area contributed by atoms with Crippen molar-refractivity contribution in [1.82, 2.24) is 15.0 Å². The van der Waals surface area contributed by atoms with Crippen LogP contribution in [0.25, 0.3) is 0 Å². The molecule has 1 fully saturated rings. The van der Waals surface area contributed by atoms with E-state index in [1.54, 1.807) is 0 Å². The molecule has 3 rings (SSSR count). The molecule has 0 spiro atoms. The monoisotopic (exact) mass is 254 g/mol. The molecule has 1 atom stereocenters. The molecule has 0 aromatic carbocycles. The molecule has 0 aliphatic carbocycles. The van der Waals surface area contributed by atoms with Gasteiger partial charge in [0, 0.05) is 37.4 Å². The minimum atomic E-state index is 0.565. The molecular formula is C15H18N4. The van der Waals surface area contributed by atoms with E-state index in [2.05, 4.69) is 32.0 Å². The van der Waals surface area contributed by atoms with E-state index in [1.807, 2.05) is 30.9 Å². The number of anilines is 1. The third kappa shape index (κ3) is 2.89. The Balaban J connectivity index is 1.64. The van der Waals surface area contributed by atoms with E-state index in [1.165, 1.54) is 18.4 Å². The average Bonchev–Trinajstić information content (AvgIpc) is 2.95. The van der Waals surface area contributed by atoms with Crippen LogP contribution in [-0.4, -0.2) is 27.5 Å². The lowest BCUT2D eigenvalue weighted by Crippen LogP contribution is -2.31. The number of aryl methyl sites for hydroxylation is 1. The van der Waals surface area contributed by atoms with Crippen molar-refractivity contribution in [1.29, 1.82) is 0 Å². The predicted octanol–water partition coefficient (Wildman–Crippen LogP) is 2.47. The zero-order valence-corrected chi connectivity index (χ0v) is 10.9. The second-order valence-corrected chi connectivity index (χ2v) is 4.93. The van der Waals surface area contributed by atoms with E-state index >= 15 is 0 Å². The van der Waals surface area contributed by atoms with Gasteiger partial charge in [0.2, 0.25) is 5.95 Å². The molecule has 1 saturated heterocycles. The van der Waals surface area contributed by atoms with Gasteiger partial charge in [0.05, 0.1) is 0 Å². The third-order valence-corrected chi connectivity index (χ3v) is 3.70. The molecule has 1 unspecified atom stereocenters. The van der Waals surface area contributed by atoms with Gasteiger partial charge in [0.1, 0.15) is 0 Å². The van der Waals surface area contributed by atoms with Crippen LogP contribution in [0.2, 0.25) is 0 Å². The molecular weight excluding hydrogens is 236 g/mol. The van der Waals surface area contributed by atoms with Crippen LogP contribution in [0.3, 0.4) is 0 Å². The fraction of sp³-hybridized carbons (Fsp3) is 0.400. The zero-order chi connectivity index (χ0) is 12.9. The standard InChI is InChI=1S/C15H18N4/c1-3-14(5-4-13-6-10-16-11-7-13)19(12-1)15-17-8-2-9-18-15/h2,6-11,14H,1,3-5,12H2. The van der Waals surface area contributed by atoms with Crippen LogP contribution in [0.15, 0.2) is 43.0 Å². The Bertz CT molecular complexity index is 500. The lowest BCUT2D eigenvalue weighted by molar-refractivity contribution is 0.601. The number of nitrogens with zero attached hydrogens (tertiary/aromatic N) is 4. The topological polar surface area (TPSA) is 41.9 Å². The highest BCUT2D eigenvalue weighted by atomic mass is 15.3. The first-order chi connectivity index (χ1) is 9.43. The molecule has 1 aliphatic heterocycles. The van der Waals surface area contributed by atoms with Crippen LogP contribution in [-0.2, 0) is 6.42 Å². The molecule has 1 aliphatic rings. The summed E-state index contributed by atoms with van der Waals surface area (Å²) in [5.41, 5.74) is 1.36. The van der Waals surface area contributed by atoms with Gasteiger partial charge in [-0.1, -0.05) is 0 Å². The number of hydrogen-bond acceptors (Lipinski definition) is 4. The van der Waals surface area contributed by atoms with Gasteiger partial charge >= 0.3 is 0 Å². The van der Waals surface area contributed by atoms with Gasteiger partial charge in [0.15, 0.2) is 0 Å². The summed E-state index contributed by atoms with van der Waals surface area (Å²) in [6, 6.07) is 6.62. The molecule has 2 aromatic heterocycles. The van der Waals surface area contributed by atoms with Crippen molar-refractivity contribution in [3.63, 3.8) is 0 Å². The van der Waals surface area contributed by atoms with E-state index in [0.29, 0.717) is 6.04 Å². The fourth-order valence-electron chi connectivity index (χ4n) is 2.72. The molecule has 0 radical (unpaired) electrons. The SMILES string of the molecule is c1cnc(N2CCCC2CCc2ccncc2)nc1. The first kappa shape index (κ1) is 12.1. The first-order valence-electron chi connectivity index (χ1n) is 6.86. The summed E-state index contributed by atoms with van der Waals surface area (Å²) >= 11 is 0. The Morgan fingerprint density at radius 2 is 1.89 bits per heavy atom. The van der Waals surface area contributed by atoms with Gasteiger partial charge in [-0.05, 0) is 49.4 Å². The van der Waals surface area contributed by atoms with Crippen molar-refractivity contribution in [2.45, 2.75) is 31.7 Å². The highest BCUT2D eigenvalue weighted by Gasteiger charge is 2.25. The maximum Gasteiger partial charge on any atom is 0.225 e. The van der Waals surface area contributed by atoms with Crippen LogP contribution >= 0.6 is 0 Å². The maximum absolute atomic E-state index is 4.37. The predicted molar refractivity (Wildman–Crippen MR) is 75.0 cm³/mol. The maximum atomic E-state index is 4.37. The molecule has 0 bridgehead atoms. The summed E-state index contributed by atoms with van der Waals surface area (Å²) in [7, 11) is 0. The Morgan fingerprint density at radius 1 is 1.11 bits per heavy atom. The molecule has 4 nitrogen and oxygen atoms in total. The van der Waals surface area contributed by atoms with Crippen LogP contribution in [0.1, 0.15) is 24.8 Å². The van der Waals surface area contributed by atoms with E-state index < -0.39 is 0 Å². The van der Waals surface area contributed by atoms with Gasteiger partial charge in [-0.15, -0.1) is 0 Å². The minimum absolute atomic E-state index is 0.565. The molecule has 19 heavy (non-hydrogen) atoms. The van der Waals surface area contributed by atoms with Gasteiger partial charge < -0.3 is 4.90 Å². The van der Waals surface area contributed by atoms with Crippen molar-refractivity contribution < 1.29 is 0 Å². The molecule has 0 N–H and O–H groups in total. The van der Waals surface area contributed by atoms with Crippen LogP contribution in [0, 0.1) is 0 Å². The Labute approximate surface area is 113 Å². The Morgan fingerprint density at radius 3 is 2.68 bits per heavy atom. The first-order valence-corrected chi connectivity index (χ1v) is 6.86. The minimum Gasteiger partial charge on any atom is -0.338 e. The van der Waals surface area contributed by atoms with Crippen molar-refractivity contribution in [3.8, 4) is 0 Å². The normalized spacial score (nSPS) is 18.7. The number of hydrogen-bond donors (Lipinski definition) is 0. The highest BCUT2D eigenvalue weighted by Crippen LogP contribution is 2.25. The van der Waals surface area contributed by atoms with Crippen molar-refractivity contribution >= 4 is 5.95 Å². The summed E-state index contributed by atoms with van der Waals surface area (Å²) < 4.78 is 0. The molecule has 0 amide bonds. The van der Waals surface area contributed by atoms with E-state index in [4.69, 9.17) is 0 Å². The van der Waals surface area contributed by atoms with Gasteiger partial charge in [0.25, 0.3) is 0 Å². The van der Waals surface area contributed by atoms with Crippen molar-refractivity contribution in [2.75, 3.05) is 11.4 Å². The largest absolute Gasteiger partial charge is 0.338 e. The summed E-state index contributed by atoms with van der Waals surface area (Å²) in [6.45, 7) is 1.07. The van der Waals surface area contributed by atoms with Gasteiger partial charge in [-0.2, -0.15) is 0 Å². The van der Waals surface area contributed by atoms with E-state index in [-0.39, 0.29) is 0 Å². The zero-order valence-electron chi connectivity index (χ0n) is 10.9. The second kappa shape index (κ2) is 5.78. The van der Waals surface area contributed by atoms with Crippen LogP contribution in [0.5, 0.6) is 0 Å². The molecule has 98 valence electrons. The summed E-state index contributed by atoms with van der Waals surface area (Å²) in [6.07, 6.45) is 12.1. The lowest BCUT2D eigenvalue weighted by Gasteiger charge is -2.24. The fourth-order valence-corrected chi connectivity index (χ4v) is 2.72. The smallest absolute Gasteiger partial charge is 0.225 e. The third-order valence-electron chi connectivity index (χ3n) is 3.70. The van der Waals surface area contributed by atoms with Crippen LogP contribution in [0.4, 0.5) is 5.95 Å². The average molecular weight is 254 g/mol. The van der Waals surface area contributed by atoms with Crippen LogP contribution < -0.4 is 4.90 Å². The summed E-state index contributed by atoms with van der Waals surface area (Å²) in [4.78, 5) is 15.1. The van der Waals surface area contributed by atoms with Crippen molar-refractivity contribution in [3.05, 3.63) is 48.5 Å². The number of aromatic nitrogens is 3. The second-order valence-electron chi connectivity index (χ2n) is 4.93. The van der Waals surface area contributed by atoms with Crippen molar-refractivity contribution in [2.24, 2.45) is 0 Å². The summed E-state index contributed by atoms with van der Waals surface area (Å²) in [5.74, 6) is 0.875. The summed E-state index contributed by atoms with van der Waals surface area (Å²) in [5, 5.41) is 0. The molecule has 0 saturated carbocycles. The van der Waals surface area contributed by atoms with E-state index in [0.717, 1.165) is 25.3 Å². The lowest BCUT2D eigenvalue weighted by atomic mass is 10.0.